The fraction of sp³-hybridized carbons (Fsp3) is 1.00. The van der Waals surface area contributed by atoms with Crippen molar-refractivity contribution >= 4 is 0 Å². The average molecular weight is 253 g/mol. The van der Waals surface area contributed by atoms with Crippen molar-refractivity contribution in [1.29, 1.82) is 0 Å². The molecule has 2 bridgehead atoms. The van der Waals surface area contributed by atoms with Crippen LogP contribution in [-0.2, 0) is 4.74 Å². The van der Waals surface area contributed by atoms with Crippen molar-refractivity contribution in [3.05, 3.63) is 0 Å². The molecule has 0 aromatic carbocycles. The largest absolute Gasteiger partial charge is 0.373 e. The maximum absolute atomic E-state index is 6.24. The third kappa shape index (κ3) is 1.99. The Morgan fingerprint density at radius 3 is 2.83 bits per heavy atom. The summed E-state index contributed by atoms with van der Waals surface area (Å²) in [6, 6.07) is 0. The van der Waals surface area contributed by atoms with Crippen molar-refractivity contribution in [3.63, 3.8) is 0 Å². The van der Waals surface area contributed by atoms with Crippen LogP contribution in [0.5, 0.6) is 0 Å². The summed E-state index contributed by atoms with van der Waals surface area (Å²) in [6.45, 7) is 11.9. The first-order valence-electron chi connectivity index (χ1n) is 7.37. The fourth-order valence-corrected chi connectivity index (χ4v) is 4.24. The highest BCUT2D eigenvalue weighted by Crippen LogP contribution is 2.40. The second-order valence-corrected chi connectivity index (χ2v) is 6.87. The van der Waals surface area contributed by atoms with E-state index in [1.165, 1.54) is 32.5 Å². The minimum absolute atomic E-state index is 0.0177. The third-order valence-electron chi connectivity index (χ3n) is 5.30. The molecule has 0 saturated carbocycles. The molecule has 3 heterocycles. The van der Waals surface area contributed by atoms with Gasteiger partial charge in [-0.25, -0.2) is 0 Å². The van der Waals surface area contributed by atoms with Crippen molar-refractivity contribution in [2.45, 2.75) is 37.8 Å². The summed E-state index contributed by atoms with van der Waals surface area (Å²) in [5.74, 6) is 0.769. The lowest BCUT2D eigenvalue weighted by Crippen LogP contribution is -2.66. The number of fused-ring (bicyclic) bond motifs is 2. The average Bonchev–Trinajstić information content (AvgIpc) is 2.73. The summed E-state index contributed by atoms with van der Waals surface area (Å²) in [4.78, 5) is 5.26. The zero-order chi connectivity index (χ0) is 12.8. The molecule has 2 N–H and O–H groups in total. The topological polar surface area (TPSA) is 41.7 Å². The van der Waals surface area contributed by atoms with Crippen molar-refractivity contribution in [1.82, 2.24) is 9.80 Å². The first-order chi connectivity index (χ1) is 8.56. The van der Waals surface area contributed by atoms with Crippen LogP contribution in [0.2, 0.25) is 0 Å². The van der Waals surface area contributed by atoms with Gasteiger partial charge in [-0.05, 0) is 45.7 Å². The molecule has 3 unspecified atom stereocenters. The number of hydrogen-bond acceptors (Lipinski definition) is 4. The predicted molar refractivity (Wildman–Crippen MR) is 72.6 cm³/mol. The van der Waals surface area contributed by atoms with Crippen LogP contribution in [0.4, 0.5) is 0 Å². The summed E-state index contributed by atoms with van der Waals surface area (Å²) in [7, 11) is 0. The number of nitrogens with zero attached hydrogens (tertiary/aromatic N) is 2. The van der Waals surface area contributed by atoms with Crippen LogP contribution < -0.4 is 5.73 Å². The van der Waals surface area contributed by atoms with E-state index >= 15 is 0 Å². The standard InChI is InChI=1S/C14H27N3O/c1-13(2)11-17(7-8-18-13)14(10-15)4-6-16-5-3-12(14)9-16/h12H,3-11,15H2,1-2H3. The second-order valence-electron chi connectivity index (χ2n) is 6.87. The van der Waals surface area contributed by atoms with E-state index in [1.807, 2.05) is 0 Å². The molecule has 0 spiro atoms. The van der Waals surface area contributed by atoms with Gasteiger partial charge in [0.25, 0.3) is 0 Å². The van der Waals surface area contributed by atoms with Crippen LogP contribution in [0.15, 0.2) is 0 Å². The van der Waals surface area contributed by atoms with Gasteiger partial charge >= 0.3 is 0 Å². The number of rotatable bonds is 2. The van der Waals surface area contributed by atoms with Gasteiger partial charge in [0.2, 0.25) is 0 Å². The quantitative estimate of drug-likeness (QED) is 0.779. The smallest absolute Gasteiger partial charge is 0.0753 e. The van der Waals surface area contributed by atoms with Gasteiger partial charge in [-0.1, -0.05) is 0 Å². The molecule has 3 atom stereocenters. The minimum Gasteiger partial charge on any atom is -0.373 e. The van der Waals surface area contributed by atoms with Crippen LogP contribution in [0, 0.1) is 5.92 Å². The van der Waals surface area contributed by atoms with Gasteiger partial charge in [-0.15, -0.1) is 0 Å². The summed E-state index contributed by atoms with van der Waals surface area (Å²) in [5.41, 5.74) is 6.47. The van der Waals surface area contributed by atoms with Gasteiger partial charge < -0.3 is 15.4 Å². The highest BCUT2D eigenvalue weighted by atomic mass is 16.5. The zero-order valence-electron chi connectivity index (χ0n) is 11.8. The van der Waals surface area contributed by atoms with E-state index in [4.69, 9.17) is 10.5 Å². The van der Waals surface area contributed by atoms with Crippen molar-refractivity contribution in [2.24, 2.45) is 11.7 Å². The Hall–Kier alpha value is -0.160. The van der Waals surface area contributed by atoms with Crippen LogP contribution in [-0.4, -0.2) is 66.8 Å². The normalized spacial score (nSPS) is 44.2. The molecule has 4 heteroatoms. The molecule has 4 nitrogen and oxygen atoms in total. The van der Waals surface area contributed by atoms with Gasteiger partial charge in [0.1, 0.15) is 0 Å². The van der Waals surface area contributed by atoms with Gasteiger partial charge in [0.15, 0.2) is 0 Å². The molecule has 18 heavy (non-hydrogen) atoms. The van der Waals surface area contributed by atoms with Crippen LogP contribution in [0.25, 0.3) is 0 Å². The van der Waals surface area contributed by atoms with Crippen molar-refractivity contribution in [3.8, 4) is 0 Å². The highest BCUT2D eigenvalue weighted by molar-refractivity contribution is 5.06. The maximum Gasteiger partial charge on any atom is 0.0753 e. The molecular weight excluding hydrogens is 226 g/mol. The second kappa shape index (κ2) is 4.44. The monoisotopic (exact) mass is 253 g/mol. The van der Waals surface area contributed by atoms with E-state index < -0.39 is 0 Å². The number of nitrogens with two attached hydrogens (primary N) is 1. The first-order valence-corrected chi connectivity index (χ1v) is 7.37. The minimum atomic E-state index is -0.0177. The Kier molecular flexibility index (Phi) is 3.17. The third-order valence-corrected chi connectivity index (χ3v) is 5.30. The van der Waals surface area contributed by atoms with E-state index in [-0.39, 0.29) is 11.1 Å². The molecule has 3 aliphatic rings. The van der Waals surface area contributed by atoms with Gasteiger partial charge in [0.05, 0.1) is 12.2 Å². The Labute approximate surface area is 110 Å². The number of ether oxygens (including phenoxy) is 1. The molecule has 0 amide bonds. The first kappa shape index (κ1) is 12.9. The zero-order valence-corrected chi connectivity index (χ0v) is 11.8. The Balaban J connectivity index is 1.82. The molecule has 0 aliphatic carbocycles. The summed E-state index contributed by atoms with van der Waals surface area (Å²) in [6.07, 6.45) is 2.57. The van der Waals surface area contributed by atoms with Crippen LogP contribution >= 0.6 is 0 Å². The lowest BCUT2D eigenvalue weighted by Gasteiger charge is -2.54. The van der Waals surface area contributed by atoms with E-state index in [2.05, 4.69) is 23.6 Å². The van der Waals surface area contributed by atoms with Crippen molar-refractivity contribution < 1.29 is 4.74 Å². The summed E-state index contributed by atoms with van der Waals surface area (Å²) in [5, 5.41) is 0. The molecule has 3 rings (SSSR count). The van der Waals surface area contributed by atoms with Crippen LogP contribution in [0.3, 0.4) is 0 Å². The molecule has 3 saturated heterocycles. The summed E-state index contributed by atoms with van der Waals surface area (Å²) >= 11 is 0. The van der Waals surface area contributed by atoms with E-state index in [0.717, 1.165) is 32.2 Å². The van der Waals surface area contributed by atoms with Gasteiger partial charge in [0, 0.05) is 31.7 Å². The Bertz CT molecular complexity index is 320. The Morgan fingerprint density at radius 2 is 2.11 bits per heavy atom. The summed E-state index contributed by atoms with van der Waals surface area (Å²) < 4.78 is 5.86. The van der Waals surface area contributed by atoms with Gasteiger partial charge in [-0.2, -0.15) is 0 Å². The lowest BCUT2D eigenvalue weighted by molar-refractivity contribution is -0.131. The van der Waals surface area contributed by atoms with Crippen LogP contribution in [0.1, 0.15) is 26.7 Å². The highest BCUT2D eigenvalue weighted by Gasteiger charge is 2.50. The molecule has 3 aliphatic heterocycles. The lowest BCUT2D eigenvalue weighted by atomic mass is 9.76. The molecule has 0 radical (unpaired) electrons. The molecule has 0 aromatic heterocycles. The number of piperidine rings is 1. The van der Waals surface area contributed by atoms with Gasteiger partial charge in [-0.3, -0.25) is 4.90 Å². The predicted octanol–water partition coefficient (Wildman–Crippen LogP) is 0.520. The molecular formula is C14H27N3O. The van der Waals surface area contributed by atoms with E-state index in [0.29, 0.717) is 0 Å². The number of morpholine rings is 1. The van der Waals surface area contributed by atoms with E-state index in [9.17, 15) is 0 Å². The van der Waals surface area contributed by atoms with Crippen molar-refractivity contribution in [2.75, 3.05) is 45.9 Å². The number of hydrogen-bond donors (Lipinski definition) is 1. The Morgan fingerprint density at radius 1 is 1.28 bits per heavy atom. The molecule has 104 valence electrons. The SMILES string of the molecule is CC1(C)CN(C2(CN)CCN3CCC2C3)CCO1. The fourth-order valence-electron chi connectivity index (χ4n) is 4.24. The van der Waals surface area contributed by atoms with E-state index in [1.54, 1.807) is 0 Å². The molecule has 0 aromatic rings. The maximum atomic E-state index is 6.24. The molecule has 3 fully saturated rings.